The number of aromatic nitrogens is 4. The molecule has 0 radical (unpaired) electrons. The molecule has 0 saturated carbocycles. The van der Waals surface area contributed by atoms with Crippen molar-refractivity contribution in [3.8, 4) is 11.5 Å². The second kappa shape index (κ2) is 8.18. The summed E-state index contributed by atoms with van der Waals surface area (Å²) in [6.45, 7) is 3.10. The Labute approximate surface area is 160 Å². The molecular weight excluding hydrogens is 398 g/mol. The van der Waals surface area contributed by atoms with Crippen LogP contribution in [0.25, 0.3) is 0 Å². The van der Waals surface area contributed by atoms with Gasteiger partial charge < -0.3 is 14.8 Å². The number of benzene rings is 2. The van der Waals surface area contributed by atoms with Crippen molar-refractivity contribution in [1.29, 1.82) is 0 Å². The minimum atomic E-state index is 0.484. The van der Waals surface area contributed by atoms with Gasteiger partial charge in [0.1, 0.15) is 6.61 Å². The number of hydrogen-bond acceptors (Lipinski definition) is 6. The van der Waals surface area contributed by atoms with E-state index in [4.69, 9.17) is 9.47 Å². The van der Waals surface area contributed by atoms with Gasteiger partial charge >= 0.3 is 0 Å². The first-order valence-electron chi connectivity index (χ1n) is 8.08. The first-order valence-corrected chi connectivity index (χ1v) is 8.87. The Balaban J connectivity index is 1.74. The fourth-order valence-corrected chi connectivity index (χ4v) is 2.93. The number of methoxy groups -OCH3 is 1. The summed E-state index contributed by atoms with van der Waals surface area (Å²) < 4.78 is 14.0. The lowest BCUT2D eigenvalue weighted by Crippen LogP contribution is -2.07. The van der Waals surface area contributed by atoms with Gasteiger partial charge in [0.05, 0.1) is 7.11 Å². The van der Waals surface area contributed by atoms with Crippen molar-refractivity contribution in [1.82, 2.24) is 20.2 Å². The Bertz CT molecular complexity index is 897. The zero-order valence-corrected chi connectivity index (χ0v) is 16.4. The second-order valence-electron chi connectivity index (χ2n) is 5.79. The third-order valence-corrected chi connectivity index (χ3v) is 4.77. The molecule has 0 bridgehead atoms. The van der Waals surface area contributed by atoms with Crippen LogP contribution in [0.15, 0.2) is 40.9 Å². The molecule has 1 heterocycles. The second-order valence-corrected chi connectivity index (χ2v) is 6.64. The molecule has 0 unspecified atom stereocenters. The van der Waals surface area contributed by atoms with Crippen molar-refractivity contribution in [3.63, 3.8) is 0 Å². The molecule has 0 saturated heterocycles. The van der Waals surface area contributed by atoms with Crippen molar-refractivity contribution in [2.45, 2.75) is 20.1 Å². The van der Waals surface area contributed by atoms with Crippen molar-refractivity contribution < 1.29 is 9.47 Å². The smallest absolute Gasteiger partial charge is 0.242 e. The van der Waals surface area contributed by atoms with Crippen LogP contribution in [0.5, 0.6) is 11.5 Å². The highest BCUT2D eigenvalue weighted by molar-refractivity contribution is 9.10. The molecule has 26 heavy (non-hydrogen) atoms. The molecule has 0 amide bonds. The van der Waals surface area contributed by atoms with Gasteiger partial charge in [0.15, 0.2) is 11.5 Å². The van der Waals surface area contributed by atoms with Crippen molar-refractivity contribution in [2.24, 2.45) is 7.05 Å². The highest BCUT2D eigenvalue weighted by atomic mass is 79.9. The molecule has 2 aromatic carbocycles. The molecule has 3 aromatic rings. The summed E-state index contributed by atoms with van der Waals surface area (Å²) in [5.41, 5.74) is 3.35. The van der Waals surface area contributed by atoms with E-state index in [-0.39, 0.29) is 0 Å². The molecule has 1 aromatic heterocycles. The number of halogens is 1. The summed E-state index contributed by atoms with van der Waals surface area (Å²) in [6, 6.07) is 12.0. The van der Waals surface area contributed by atoms with E-state index < -0.39 is 0 Å². The van der Waals surface area contributed by atoms with E-state index in [1.54, 1.807) is 18.8 Å². The van der Waals surface area contributed by atoms with Crippen LogP contribution >= 0.6 is 15.9 Å². The standard InChI is InChI=1S/C18H20BrN5O2/c1-12-6-4-5-7-13(12)11-26-17-9-15(19)14(8-16(17)25-3)10-20-18-21-22-23-24(18)2/h4-9H,10-11H2,1-3H3,(H,20,21,23). The number of nitrogens with zero attached hydrogens (tertiary/aromatic N) is 4. The Hall–Kier alpha value is -2.61. The third kappa shape index (κ3) is 4.13. The van der Waals surface area contributed by atoms with Crippen LogP contribution in [0, 0.1) is 6.92 Å². The van der Waals surface area contributed by atoms with Gasteiger partial charge in [0.2, 0.25) is 5.95 Å². The molecule has 8 heteroatoms. The predicted octanol–water partition coefficient (Wildman–Crippen LogP) is 3.48. The van der Waals surface area contributed by atoms with Crippen LogP contribution in [0.4, 0.5) is 5.95 Å². The summed E-state index contributed by atoms with van der Waals surface area (Å²) in [5, 5.41) is 14.5. The van der Waals surface area contributed by atoms with Crippen molar-refractivity contribution in [2.75, 3.05) is 12.4 Å². The molecule has 0 fully saturated rings. The lowest BCUT2D eigenvalue weighted by atomic mass is 10.1. The van der Waals surface area contributed by atoms with Crippen LogP contribution < -0.4 is 14.8 Å². The fourth-order valence-electron chi connectivity index (χ4n) is 2.47. The van der Waals surface area contributed by atoms with E-state index in [0.29, 0.717) is 30.6 Å². The Kier molecular flexibility index (Phi) is 5.72. The molecule has 7 nitrogen and oxygen atoms in total. The minimum absolute atomic E-state index is 0.484. The lowest BCUT2D eigenvalue weighted by Gasteiger charge is -2.15. The number of nitrogens with one attached hydrogen (secondary N) is 1. The molecule has 0 aliphatic rings. The van der Waals surface area contributed by atoms with Gasteiger partial charge in [-0.25, -0.2) is 4.68 Å². The number of hydrogen-bond donors (Lipinski definition) is 1. The Morgan fingerprint density at radius 2 is 1.96 bits per heavy atom. The highest BCUT2D eigenvalue weighted by Gasteiger charge is 2.12. The van der Waals surface area contributed by atoms with Crippen LogP contribution in [0.3, 0.4) is 0 Å². The monoisotopic (exact) mass is 417 g/mol. The molecular formula is C18H20BrN5O2. The zero-order chi connectivity index (χ0) is 18.5. The van der Waals surface area contributed by atoms with E-state index >= 15 is 0 Å². The van der Waals surface area contributed by atoms with Gasteiger partial charge in [-0.2, -0.15) is 0 Å². The van der Waals surface area contributed by atoms with Crippen LogP contribution in [0.1, 0.15) is 16.7 Å². The van der Waals surface area contributed by atoms with E-state index in [2.05, 4.69) is 55.8 Å². The van der Waals surface area contributed by atoms with Crippen molar-refractivity contribution in [3.05, 3.63) is 57.6 Å². The van der Waals surface area contributed by atoms with E-state index in [1.165, 1.54) is 5.56 Å². The van der Waals surface area contributed by atoms with Gasteiger partial charge in [-0.15, -0.1) is 0 Å². The summed E-state index contributed by atoms with van der Waals surface area (Å²) in [5.74, 6) is 1.96. The average Bonchev–Trinajstić information content (AvgIpc) is 3.05. The molecule has 0 spiro atoms. The van der Waals surface area contributed by atoms with Crippen LogP contribution in [-0.4, -0.2) is 27.3 Å². The number of rotatable bonds is 7. The molecule has 1 N–H and O–H groups in total. The van der Waals surface area contributed by atoms with Gasteiger partial charge in [0.25, 0.3) is 0 Å². The largest absolute Gasteiger partial charge is 0.493 e. The molecule has 0 atom stereocenters. The first-order chi connectivity index (χ1) is 12.6. The summed E-state index contributed by atoms with van der Waals surface area (Å²) in [4.78, 5) is 0. The summed E-state index contributed by atoms with van der Waals surface area (Å²) in [6.07, 6.45) is 0. The molecule has 3 rings (SSSR count). The maximum atomic E-state index is 5.99. The van der Waals surface area contributed by atoms with Crippen molar-refractivity contribution >= 4 is 21.9 Å². The Morgan fingerprint density at radius 1 is 1.15 bits per heavy atom. The van der Waals surface area contributed by atoms with Gasteiger partial charge in [-0.1, -0.05) is 45.3 Å². The molecule has 0 aliphatic carbocycles. The normalized spacial score (nSPS) is 10.6. The van der Waals surface area contributed by atoms with E-state index in [1.807, 2.05) is 24.3 Å². The van der Waals surface area contributed by atoms with Crippen LogP contribution in [0.2, 0.25) is 0 Å². The average molecular weight is 418 g/mol. The number of ether oxygens (including phenoxy) is 2. The molecule has 136 valence electrons. The topological polar surface area (TPSA) is 74.1 Å². The summed E-state index contributed by atoms with van der Waals surface area (Å²) >= 11 is 3.60. The molecule has 0 aliphatic heterocycles. The number of tetrazole rings is 1. The van der Waals surface area contributed by atoms with E-state index in [0.717, 1.165) is 15.6 Å². The van der Waals surface area contributed by atoms with Crippen LogP contribution in [-0.2, 0) is 20.2 Å². The Morgan fingerprint density at radius 3 is 2.65 bits per heavy atom. The highest BCUT2D eigenvalue weighted by Crippen LogP contribution is 2.34. The number of anilines is 1. The maximum Gasteiger partial charge on any atom is 0.242 e. The van der Waals surface area contributed by atoms with E-state index in [9.17, 15) is 0 Å². The summed E-state index contributed by atoms with van der Waals surface area (Å²) in [7, 11) is 3.41. The SMILES string of the molecule is COc1cc(CNc2nnnn2C)c(Br)cc1OCc1ccccc1C. The van der Waals surface area contributed by atoms with Gasteiger partial charge in [0, 0.05) is 18.1 Å². The lowest BCUT2D eigenvalue weighted by molar-refractivity contribution is 0.283. The minimum Gasteiger partial charge on any atom is -0.493 e. The first kappa shape index (κ1) is 18.2. The fraction of sp³-hybridized carbons (Fsp3) is 0.278. The maximum absolute atomic E-state index is 5.99. The third-order valence-electron chi connectivity index (χ3n) is 4.03. The number of aryl methyl sites for hydroxylation is 2. The quantitative estimate of drug-likeness (QED) is 0.634. The van der Waals surface area contributed by atoms with Gasteiger partial charge in [-0.3, -0.25) is 0 Å². The van der Waals surface area contributed by atoms with Gasteiger partial charge in [-0.05, 0) is 46.2 Å². The predicted molar refractivity (Wildman–Crippen MR) is 102 cm³/mol. The zero-order valence-electron chi connectivity index (χ0n) is 14.9.